The number of hydrogen-bond acceptors (Lipinski definition) is 5. The van der Waals surface area contributed by atoms with E-state index in [0.29, 0.717) is 16.6 Å². The van der Waals surface area contributed by atoms with Crippen molar-refractivity contribution in [2.45, 2.75) is 38.5 Å². The van der Waals surface area contributed by atoms with Crippen LogP contribution in [0.25, 0.3) is 0 Å². The van der Waals surface area contributed by atoms with Crippen LogP contribution in [0.2, 0.25) is 0 Å². The third-order valence-corrected chi connectivity index (χ3v) is 5.38. The molecule has 3 rings (SSSR count). The predicted octanol–water partition coefficient (Wildman–Crippen LogP) is 2.25. The molecule has 1 aliphatic carbocycles. The summed E-state index contributed by atoms with van der Waals surface area (Å²) in [7, 11) is 0. The lowest BCUT2D eigenvalue weighted by atomic mass is 9.85. The Morgan fingerprint density at radius 1 is 1.30 bits per heavy atom. The number of hydrogen-bond donors (Lipinski definition) is 2. The molecule has 5 nitrogen and oxygen atoms in total. The molecule has 0 atom stereocenters. The molecule has 1 aromatic rings. The Balaban J connectivity index is 1.63. The number of piperidine rings is 1. The maximum absolute atomic E-state index is 12.2. The van der Waals surface area contributed by atoms with E-state index in [2.05, 4.69) is 15.2 Å². The molecule has 2 heterocycles. The summed E-state index contributed by atoms with van der Waals surface area (Å²) in [6, 6.07) is 0. The van der Waals surface area contributed by atoms with E-state index in [4.69, 9.17) is 5.73 Å². The molecule has 3 N–H and O–H groups in total. The molecule has 6 heteroatoms. The summed E-state index contributed by atoms with van der Waals surface area (Å²) < 4.78 is 0. The number of rotatable bonds is 4. The van der Waals surface area contributed by atoms with Crippen LogP contribution in [0.15, 0.2) is 0 Å². The van der Waals surface area contributed by atoms with Gasteiger partial charge < -0.3 is 16.0 Å². The molecule has 0 spiro atoms. The Hall–Kier alpha value is -1.30. The fourth-order valence-corrected chi connectivity index (χ4v) is 3.67. The quantitative estimate of drug-likeness (QED) is 0.893. The zero-order chi connectivity index (χ0) is 13.9. The number of thiazole rings is 1. The number of carbonyl (C=O) groups excluding carboxylic acids is 1. The summed E-state index contributed by atoms with van der Waals surface area (Å²) in [5.41, 5.74) is 5.91. The van der Waals surface area contributed by atoms with Crippen molar-refractivity contribution >= 4 is 28.2 Å². The summed E-state index contributed by atoms with van der Waals surface area (Å²) >= 11 is 1.43. The standard InChI is InChI=1S/C14H22N4OS/c15-12-11(13(19)16-9-10-5-4-6-10)20-14(17-12)18-7-2-1-3-8-18/h10H,1-9,15H2,(H,16,19). The van der Waals surface area contributed by atoms with Crippen molar-refractivity contribution in [3.63, 3.8) is 0 Å². The average molecular weight is 294 g/mol. The number of nitrogens with zero attached hydrogens (tertiary/aromatic N) is 2. The van der Waals surface area contributed by atoms with Crippen molar-refractivity contribution in [1.29, 1.82) is 0 Å². The molecule has 0 unspecified atom stereocenters. The monoisotopic (exact) mass is 294 g/mol. The first-order valence-corrected chi connectivity index (χ1v) is 8.35. The minimum atomic E-state index is -0.0600. The predicted molar refractivity (Wildman–Crippen MR) is 82.3 cm³/mol. The highest BCUT2D eigenvalue weighted by molar-refractivity contribution is 7.18. The van der Waals surface area contributed by atoms with Crippen LogP contribution >= 0.6 is 11.3 Å². The van der Waals surface area contributed by atoms with Crippen molar-refractivity contribution in [3.8, 4) is 0 Å². The number of carbonyl (C=O) groups is 1. The normalized spacial score (nSPS) is 19.7. The molecule has 1 saturated carbocycles. The fourth-order valence-electron chi connectivity index (χ4n) is 2.72. The molecular formula is C14H22N4OS. The summed E-state index contributed by atoms with van der Waals surface area (Å²) in [6.45, 7) is 2.82. The zero-order valence-corrected chi connectivity index (χ0v) is 12.5. The van der Waals surface area contributed by atoms with E-state index in [1.54, 1.807) is 0 Å². The van der Waals surface area contributed by atoms with E-state index in [1.807, 2.05) is 0 Å². The van der Waals surface area contributed by atoms with E-state index in [9.17, 15) is 4.79 Å². The topological polar surface area (TPSA) is 71.2 Å². The minimum absolute atomic E-state index is 0.0600. The maximum Gasteiger partial charge on any atom is 0.265 e. The van der Waals surface area contributed by atoms with Gasteiger partial charge in [0.15, 0.2) is 5.13 Å². The number of nitrogen functional groups attached to an aromatic ring is 1. The summed E-state index contributed by atoms with van der Waals surface area (Å²) in [6.07, 6.45) is 7.44. The third kappa shape index (κ3) is 2.90. The number of amides is 1. The number of nitrogens with two attached hydrogens (primary N) is 1. The largest absolute Gasteiger partial charge is 0.382 e. The minimum Gasteiger partial charge on any atom is -0.382 e. The van der Waals surface area contributed by atoms with Gasteiger partial charge in [-0.1, -0.05) is 17.8 Å². The van der Waals surface area contributed by atoms with Crippen LogP contribution in [0.5, 0.6) is 0 Å². The Labute approximate surface area is 123 Å². The molecule has 1 aromatic heterocycles. The lowest BCUT2D eigenvalue weighted by Gasteiger charge is -2.25. The van der Waals surface area contributed by atoms with Gasteiger partial charge in [-0.3, -0.25) is 4.79 Å². The van der Waals surface area contributed by atoms with Crippen LogP contribution in [-0.2, 0) is 0 Å². The van der Waals surface area contributed by atoms with Gasteiger partial charge in [0.05, 0.1) is 0 Å². The molecule has 0 bridgehead atoms. The van der Waals surface area contributed by atoms with E-state index < -0.39 is 0 Å². The van der Waals surface area contributed by atoms with Gasteiger partial charge in [-0.25, -0.2) is 4.98 Å². The Morgan fingerprint density at radius 3 is 2.70 bits per heavy atom. The summed E-state index contributed by atoms with van der Waals surface area (Å²) in [5, 5.41) is 3.89. The highest BCUT2D eigenvalue weighted by Gasteiger charge is 2.23. The first kappa shape index (κ1) is 13.7. The van der Waals surface area contributed by atoms with Gasteiger partial charge in [-0.05, 0) is 38.0 Å². The molecule has 2 fully saturated rings. The smallest absolute Gasteiger partial charge is 0.265 e. The molecule has 0 aromatic carbocycles. The Morgan fingerprint density at radius 2 is 2.05 bits per heavy atom. The molecular weight excluding hydrogens is 272 g/mol. The Kier molecular flexibility index (Phi) is 4.10. The van der Waals surface area contributed by atoms with E-state index in [1.165, 1.54) is 49.9 Å². The van der Waals surface area contributed by atoms with Gasteiger partial charge in [-0.2, -0.15) is 0 Å². The number of nitrogens with one attached hydrogen (secondary N) is 1. The van der Waals surface area contributed by atoms with Crippen molar-refractivity contribution in [2.24, 2.45) is 5.92 Å². The highest BCUT2D eigenvalue weighted by Crippen LogP contribution is 2.30. The van der Waals surface area contributed by atoms with Crippen molar-refractivity contribution in [1.82, 2.24) is 10.3 Å². The maximum atomic E-state index is 12.2. The first-order valence-electron chi connectivity index (χ1n) is 7.53. The van der Waals surface area contributed by atoms with Gasteiger partial charge in [0, 0.05) is 19.6 Å². The van der Waals surface area contributed by atoms with Crippen molar-refractivity contribution in [3.05, 3.63) is 4.88 Å². The van der Waals surface area contributed by atoms with Crippen LogP contribution in [0, 0.1) is 5.92 Å². The zero-order valence-electron chi connectivity index (χ0n) is 11.7. The van der Waals surface area contributed by atoms with Gasteiger partial charge in [0.25, 0.3) is 5.91 Å². The van der Waals surface area contributed by atoms with Gasteiger partial charge in [0.1, 0.15) is 10.7 Å². The van der Waals surface area contributed by atoms with Gasteiger partial charge in [0.2, 0.25) is 0 Å². The van der Waals surface area contributed by atoms with Gasteiger partial charge in [-0.15, -0.1) is 0 Å². The Bertz CT molecular complexity index is 478. The van der Waals surface area contributed by atoms with Crippen LogP contribution in [0.1, 0.15) is 48.2 Å². The van der Waals surface area contributed by atoms with Crippen molar-refractivity contribution in [2.75, 3.05) is 30.3 Å². The third-order valence-electron chi connectivity index (χ3n) is 4.25. The second-order valence-electron chi connectivity index (χ2n) is 5.77. The van der Waals surface area contributed by atoms with Crippen LogP contribution in [-0.4, -0.2) is 30.5 Å². The average Bonchev–Trinajstić information content (AvgIpc) is 2.80. The molecule has 2 aliphatic rings. The summed E-state index contributed by atoms with van der Waals surface area (Å²) in [5.74, 6) is 0.978. The molecule has 1 saturated heterocycles. The van der Waals surface area contributed by atoms with Crippen molar-refractivity contribution < 1.29 is 4.79 Å². The second-order valence-corrected chi connectivity index (χ2v) is 6.74. The fraction of sp³-hybridized carbons (Fsp3) is 0.714. The van der Waals surface area contributed by atoms with E-state index >= 15 is 0 Å². The second kappa shape index (κ2) is 5.99. The summed E-state index contributed by atoms with van der Waals surface area (Å²) in [4.78, 5) is 19.4. The first-order chi connectivity index (χ1) is 9.74. The molecule has 110 valence electrons. The van der Waals surface area contributed by atoms with Gasteiger partial charge >= 0.3 is 0 Å². The SMILES string of the molecule is Nc1nc(N2CCCCC2)sc1C(=O)NCC1CCC1. The molecule has 20 heavy (non-hydrogen) atoms. The lowest BCUT2D eigenvalue weighted by Crippen LogP contribution is -2.32. The lowest BCUT2D eigenvalue weighted by molar-refractivity contribution is 0.0944. The highest BCUT2D eigenvalue weighted by atomic mass is 32.1. The number of aromatic nitrogens is 1. The van der Waals surface area contributed by atoms with Crippen LogP contribution in [0.3, 0.4) is 0 Å². The van der Waals surface area contributed by atoms with E-state index in [-0.39, 0.29) is 5.91 Å². The molecule has 1 amide bonds. The van der Waals surface area contributed by atoms with Crippen LogP contribution < -0.4 is 16.0 Å². The van der Waals surface area contributed by atoms with E-state index in [0.717, 1.165) is 24.8 Å². The van der Waals surface area contributed by atoms with Crippen LogP contribution in [0.4, 0.5) is 10.9 Å². The molecule has 1 aliphatic heterocycles. The molecule has 0 radical (unpaired) electrons. The number of anilines is 2.